The number of halogens is 1. The van der Waals surface area contributed by atoms with Gasteiger partial charge in [-0.2, -0.15) is 0 Å². The van der Waals surface area contributed by atoms with Crippen molar-refractivity contribution in [1.29, 1.82) is 0 Å². The van der Waals surface area contributed by atoms with Crippen LogP contribution in [0.4, 0.5) is 11.4 Å². The molecule has 2 N–H and O–H groups in total. The minimum Gasteiger partial charge on any atom is -0.456 e. The summed E-state index contributed by atoms with van der Waals surface area (Å²) in [5, 5.41) is 6.16. The summed E-state index contributed by atoms with van der Waals surface area (Å²) in [5.74, 6) is -1.35. The van der Waals surface area contributed by atoms with Crippen molar-refractivity contribution in [3.8, 4) is 0 Å². The first-order valence-corrected chi connectivity index (χ1v) is 11.8. The number of carbonyl (C=O) groups is 3. The van der Waals surface area contributed by atoms with E-state index in [-0.39, 0.29) is 18.7 Å². The summed E-state index contributed by atoms with van der Waals surface area (Å²) in [7, 11) is 0. The van der Waals surface area contributed by atoms with Gasteiger partial charge in [-0.3, -0.25) is 14.4 Å². The molecule has 0 spiro atoms. The van der Waals surface area contributed by atoms with Gasteiger partial charge in [-0.25, -0.2) is 0 Å². The van der Waals surface area contributed by atoms with Gasteiger partial charge in [0.15, 0.2) is 6.61 Å². The quantitative estimate of drug-likeness (QED) is 0.354. The molecule has 0 aromatic heterocycles. The number of amides is 2. The Morgan fingerprint density at radius 2 is 1.47 bits per heavy atom. The standard InChI is InChI=1S/C26H25ClN2O4S/c1-17-3-4-18(2)23(15-17)29-25(31)16-33-26(32)14-13-24(30)28-20-7-11-22(12-8-20)34-21-9-5-19(27)6-10-21/h3-12,15H,13-14,16H2,1-2H3,(H,28,30)(H,29,31). The van der Waals surface area contributed by atoms with Crippen molar-refractivity contribution < 1.29 is 19.1 Å². The Labute approximate surface area is 208 Å². The van der Waals surface area contributed by atoms with Crippen LogP contribution in [0.2, 0.25) is 5.02 Å². The summed E-state index contributed by atoms with van der Waals surface area (Å²) in [6, 6.07) is 20.6. The minimum atomic E-state index is -0.610. The highest BCUT2D eigenvalue weighted by Gasteiger charge is 2.12. The monoisotopic (exact) mass is 496 g/mol. The van der Waals surface area contributed by atoms with E-state index in [0.29, 0.717) is 16.4 Å². The molecule has 0 aliphatic rings. The van der Waals surface area contributed by atoms with E-state index >= 15 is 0 Å². The zero-order chi connectivity index (χ0) is 24.5. The Morgan fingerprint density at radius 1 is 0.824 bits per heavy atom. The van der Waals surface area contributed by atoms with Crippen LogP contribution in [0.15, 0.2) is 76.5 Å². The number of rotatable bonds is 9. The molecule has 0 aliphatic heterocycles. The zero-order valence-corrected chi connectivity index (χ0v) is 20.5. The average Bonchev–Trinajstić information content (AvgIpc) is 2.81. The number of esters is 1. The van der Waals surface area contributed by atoms with Gasteiger partial charge >= 0.3 is 5.97 Å². The maximum Gasteiger partial charge on any atom is 0.306 e. The number of benzene rings is 3. The molecule has 3 aromatic carbocycles. The van der Waals surface area contributed by atoms with E-state index < -0.39 is 18.5 Å². The van der Waals surface area contributed by atoms with E-state index in [2.05, 4.69) is 10.6 Å². The predicted molar refractivity (Wildman–Crippen MR) is 135 cm³/mol. The van der Waals surface area contributed by atoms with Gasteiger partial charge in [0.25, 0.3) is 5.91 Å². The molecule has 0 saturated carbocycles. The highest BCUT2D eigenvalue weighted by molar-refractivity contribution is 7.99. The van der Waals surface area contributed by atoms with Crippen LogP contribution in [0.5, 0.6) is 0 Å². The second-order valence-electron chi connectivity index (χ2n) is 7.66. The summed E-state index contributed by atoms with van der Waals surface area (Å²) in [4.78, 5) is 38.2. The molecule has 0 aliphatic carbocycles. The van der Waals surface area contributed by atoms with E-state index in [9.17, 15) is 14.4 Å². The molecule has 0 fully saturated rings. The maximum absolute atomic E-state index is 12.2. The molecule has 2 amide bonds. The second kappa shape index (κ2) is 12.3. The molecule has 0 bridgehead atoms. The van der Waals surface area contributed by atoms with Crippen LogP contribution < -0.4 is 10.6 Å². The van der Waals surface area contributed by atoms with Crippen LogP contribution in [0.1, 0.15) is 24.0 Å². The van der Waals surface area contributed by atoms with Gasteiger partial charge < -0.3 is 15.4 Å². The molecular formula is C26H25ClN2O4S. The number of anilines is 2. The lowest BCUT2D eigenvalue weighted by Crippen LogP contribution is -2.22. The molecule has 176 valence electrons. The fraction of sp³-hybridized carbons (Fsp3) is 0.192. The molecule has 0 atom stereocenters. The molecule has 3 aromatic rings. The van der Waals surface area contributed by atoms with E-state index in [1.165, 1.54) is 0 Å². The summed E-state index contributed by atoms with van der Waals surface area (Å²) < 4.78 is 4.98. The molecule has 0 unspecified atom stereocenters. The summed E-state index contributed by atoms with van der Waals surface area (Å²) >= 11 is 7.49. The van der Waals surface area contributed by atoms with Crippen molar-refractivity contribution in [1.82, 2.24) is 0 Å². The first kappa shape index (κ1) is 25.3. The van der Waals surface area contributed by atoms with Crippen molar-refractivity contribution in [3.63, 3.8) is 0 Å². The minimum absolute atomic E-state index is 0.0429. The highest BCUT2D eigenvalue weighted by atomic mass is 35.5. The Kier molecular flexibility index (Phi) is 9.13. The molecule has 34 heavy (non-hydrogen) atoms. The third-order valence-electron chi connectivity index (χ3n) is 4.78. The van der Waals surface area contributed by atoms with Gasteiger partial charge in [0.2, 0.25) is 5.91 Å². The zero-order valence-electron chi connectivity index (χ0n) is 18.9. The smallest absolute Gasteiger partial charge is 0.306 e. The first-order valence-electron chi connectivity index (χ1n) is 10.6. The van der Waals surface area contributed by atoms with Crippen molar-refractivity contribution in [2.45, 2.75) is 36.5 Å². The van der Waals surface area contributed by atoms with Crippen LogP contribution in [0.25, 0.3) is 0 Å². The maximum atomic E-state index is 12.2. The number of ether oxygens (including phenoxy) is 1. The molecular weight excluding hydrogens is 472 g/mol. The number of hydrogen-bond acceptors (Lipinski definition) is 5. The van der Waals surface area contributed by atoms with Crippen LogP contribution in [0.3, 0.4) is 0 Å². The predicted octanol–water partition coefficient (Wildman–Crippen LogP) is 6.01. The fourth-order valence-electron chi connectivity index (χ4n) is 2.96. The van der Waals surface area contributed by atoms with E-state index in [1.807, 2.05) is 68.4 Å². The summed E-state index contributed by atoms with van der Waals surface area (Å²) in [6.45, 7) is 3.40. The van der Waals surface area contributed by atoms with Crippen LogP contribution in [0, 0.1) is 13.8 Å². The molecule has 0 saturated heterocycles. The summed E-state index contributed by atoms with van der Waals surface area (Å²) in [5.41, 5.74) is 3.24. The van der Waals surface area contributed by atoms with Gasteiger partial charge in [0.1, 0.15) is 0 Å². The molecule has 6 nitrogen and oxygen atoms in total. The SMILES string of the molecule is Cc1ccc(C)c(NC(=O)COC(=O)CCC(=O)Nc2ccc(Sc3ccc(Cl)cc3)cc2)c1. The molecule has 0 radical (unpaired) electrons. The third kappa shape index (κ3) is 8.24. The van der Waals surface area contributed by atoms with Crippen LogP contribution in [-0.2, 0) is 19.1 Å². The normalized spacial score (nSPS) is 10.4. The lowest BCUT2D eigenvalue weighted by atomic mass is 10.1. The Hall–Kier alpha value is -3.29. The average molecular weight is 497 g/mol. The molecule has 3 rings (SSSR count). The number of carbonyl (C=O) groups excluding carboxylic acids is 3. The van der Waals surface area contributed by atoms with Gasteiger partial charge in [-0.1, -0.05) is 35.5 Å². The van der Waals surface area contributed by atoms with Gasteiger partial charge in [0, 0.05) is 32.6 Å². The van der Waals surface area contributed by atoms with Crippen molar-refractivity contribution in [3.05, 3.63) is 82.9 Å². The molecule has 8 heteroatoms. The summed E-state index contributed by atoms with van der Waals surface area (Å²) in [6.07, 6.45) is -0.161. The molecule has 0 heterocycles. The van der Waals surface area contributed by atoms with Gasteiger partial charge in [0.05, 0.1) is 6.42 Å². The number of aryl methyl sites for hydroxylation is 2. The first-order chi connectivity index (χ1) is 16.3. The van der Waals surface area contributed by atoms with Crippen LogP contribution >= 0.6 is 23.4 Å². The Balaban J connectivity index is 1.37. The van der Waals surface area contributed by atoms with Crippen molar-refractivity contribution >= 4 is 52.5 Å². The topological polar surface area (TPSA) is 84.5 Å². The van der Waals surface area contributed by atoms with Gasteiger partial charge in [-0.05, 0) is 79.6 Å². The largest absolute Gasteiger partial charge is 0.456 e. The highest BCUT2D eigenvalue weighted by Crippen LogP contribution is 2.29. The van der Waals surface area contributed by atoms with Crippen molar-refractivity contribution in [2.75, 3.05) is 17.2 Å². The number of nitrogens with one attached hydrogen (secondary N) is 2. The van der Waals surface area contributed by atoms with E-state index in [1.54, 1.807) is 23.9 Å². The van der Waals surface area contributed by atoms with Crippen molar-refractivity contribution in [2.24, 2.45) is 0 Å². The van der Waals surface area contributed by atoms with Crippen LogP contribution in [-0.4, -0.2) is 24.4 Å². The lowest BCUT2D eigenvalue weighted by molar-refractivity contribution is -0.147. The Morgan fingerprint density at radius 3 is 2.15 bits per heavy atom. The third-order valence-corrected chi connectivity index (χ3v) is 6.04. The Bertz CT molecular complexity index is 1160. The van der Waals surface area contributed by atoms with E-state index in [4.69, 9.17) is 16.3 Å². The van der Waals surface area contributed by atoms with E-state index in [0.717, 1.165) is 20.9 Å². The van der Waals surface area contributed by atoms with Gasteiger partial charge in [-0.15, -0.1) is 0 Å². The fourth-order valence-corrected chi connectivity index (χ4v) is 3.90. The second-order valence-corrected chi connectivity index (χ2v) is 9.24. The number of hydrogen-bond donors (Lipinski definition) is 2. The lowest BCUT2D eigenvalue weighted by Gasteiger charge is -2.10.